The van der Waals surface area contributed by atoms with Crippen molar-refractivity contribution < 1.29 is 4.74 Å². The van der Waals surface area contributed by atoms with E-state index in [4.69, 9.17) is 10.6 Å². The van der Waals surface area contributed by atoms with Gasteiger partial charge in [0.1, 0.15) is 5.75 Å². The van der Waals surface area contributed by atoms with Gasteiger partial charge in [0.25, 0.3) is 0 Å². The van der Waals surface area contributed by atoms with E-state index in [0.29, 0.717) is 0 Å². The lowest BCUT2D eigenvalue weighted by Crippen LogP contribution is -2.28. The van der Waals surface area contributed by atoms with Gasteiger partial charge < -0.3 is 4.74 Å². The minimum atomic E-state index is -0.0638. The summed E-state index contributed by atoms with van der Waals surface area (Å²) >= 11 is 0. The quantitative estimate of drug-likeness (QED) is 0.434. The highest BCUT2D eigenvalue weighted by atomic mass is 16.5. The summed E-state index contributed by atoms with van der Waals surface area (Å²) in [5, 5.41) is 0. The number of benzene rings is 1. The molecule has 0 aliphatic rings. The summed E-state index contributed by atoms with van der Waals surface area (Å²) in [6.45, 7) is 5.81. The Hall–Kier alpha value is -1.32. The van der Waals surface area contributed by atoms with E-state index in [1.54, 1.807) is 7.11 Å². The summed E-state index contributed by atoms with van der Waals surface area (Å²) in [6, 6.07) is 7.69. The third kappa shape index (κ3) is 2.13. The van der Waals surface area contributed by atoms with E-state index in [-0.39, 0.29) is 6.04 Å². The molecule has 0 radical (unpaired) electrons. The van der Waals surface area contributed by atoms with Gasteiger partial charge in [-0.1, -0.05) is 30.4 Å². The zero-order valence-corrected chi connectivity index (χ0v) is 8.58. The molecule has 14 heavy (non-hydrogen) atoms. The third-order valence-electron chi connectivity index (χ3n) is 2.11. The fourth-order valence-corrected chi connectivity index (χ4v) is 1.40. The smallest absolute Gasteiger partial charge is 0.124 e. The van der Waals surface area contributed by atoms with Gasteiger partial charge in [0, 0.05) is 5.56 Å². The van der Waals surface area contributed by atoms with Crippen LogP contribution in [0.4, 0.5) is 0 Å². The van der Waals surface area contributed by atoms with Crippen molar-refractivity contribution >= 4 is 0 Å². The van der Waals surface area contributed by atoms with Crippen molar-refractivity contribution in [2.24, 2.45) is 5.84 Å². The predicted molar refractivity (Wildman–Crippen MR) is 57.9 cm³/mol. The fourth-order valence-electron chi connectivity index (χ4n) is 1.40. The highest BCUT2D eigenvalue weighted by Crippen LogP contribution is 2.27. The number of methoxy groups -OCH3 is 1. The average Bonchev–Trinajstić information content (AvgIpc) is 2.19. The van der Waals surface area contributed by atoms with Crippen LogP contribution >= 0.6 is 0 Å². The molecule has 3 heteroatoms. The second-order valence-corrected chi connectivity index (χ2v) is 3.19. The average molecular weight is 192 g/mol. The number of nitrogens with two attached hydrogens (primary N) is 1. The summed E-state index contributed by atoms with van der Waals surface area (Å²) in [6.07, 6.45) is 0. The van der Waals surface area contributed by atoms with Crippen LogP contribution in [0, 0.1) is 0 Å². The van der Waals surface area contributed by atoms with E-state index in [2.05, 4.69) is 12.0 Å². The van der Waals surface area contributed by atoms with Crippen LogP contribution in [0.25, 0.3) is 0 Å². The molecular formula is C11H16N2O. The van der Waals surface area contributed by atoms with Crippen molar-refractivity contribution in [1.29, 1.82) is 0 Å². The minimum absolute atomic E-state index is 0.0638. The van der Waals surface area contributed by atoms with Gasteiger partial charge in [-0.25, -0.2) is 5.43 Å². The molecule has 76 valence electrons. The summed E-state index contributed by atoms with van der Waals surface area (Å²) < 4.78 is 5.24. The molecule has 1 aromatic carbocycles. The maximum atomic E-state index is 5.46. The first-order valence-electron chi connectivity index (χ1n) is 4.45. The Kier molecular flexibility index (Phi) is 3.68. The molecule has 0 aliphatic heterocycles. The Morgan fingerprint density at radius 3 is 2.64 bits per heavy atom. The highest BCUT2D eigenvalue weighted by Gasteiger charge is 2.14. The van der Waals surface area contributed by atoms with Crippen molar-refractivity contribution in [3.63, 3.8) is 0 Å². The maximum Gasteiger partial charge on any atom is 0.124 e. The van der Waals surface area contributed by atoms with Gasteiger partial charge in [-0.3, -0.25) is 5.84 Å². The predicted octanol–water partition coefficient (Wildman–Crippen LogP) is 1.78. The van der Waals surface area contributed by atoms with Gasteiger partial charge in [0.05, 0.1) is 13.2 Å². The Balaban J connectivity index is 3.08. The number of hydrogen-bond acceptors (Lipinski definition) is 3. The second kappa shape index (κ2) is 4.79. The highest BCUT2D eigenvalue weighted by molar-refractivity contribution is 5.39. The van der Waals surface area contributed by atoms with Gasteiger partial charge in [-0.2, -0.15) is 0 Å². The number of para-hydroxylation sites is 1. The van der Waals surface area contributed by atoms with Crippen molar-refractivity contribution in [3.05, 3.63) is 42.0 Å². The molecule has 1 atom stereocenters. The molecule has 1 aromatic rings. The first-order chi connectivity index (χ1) is 6.70. The van der Waals surface area contributed by atoms with E-state index in [9.17, 15) is 0 Å². The van der Waals surface area contributed by atoms with Crippen LogP contribution in [-0.2, 0) is 0 Å². The third-order valence-corrected chi connectivity index (χ3v) is 2.11. The lowest BCUT2D eigenvalue weighted by atomic mass is 10.0. The van der Waals surface area contributed by atoms with Crippen LogP contribution < -0.4 is 16.0 Å². The van der Waals surface area contributed by atoms with Crippen LogP contribution in [0.15, 0.2) is 36.4 Å². The zero-order valence-electron chi connectivity index (χ0n) is 8.58. The molecule has 3 nitrogen and oxygen atoms in total. The molecule has 0 saturated carbocycles. The van der Waals surface area contributed by atoms with Crippen molar-refractivity contribution in [3.8, 4) is 5.75 Å². The van der Waals surface area contributed by atoms with Crippen LogP contribution in [0.1, 0.15) is 18.5 Å². The van der Waals surface area contributed by atoms with E-state index in [0.717, 1.165) is 16.9 Å². The fraction of sp³-hybridized carbons (Fsp3) is 0.273. The van der Waals surface area contributed by atoms with E-state index in [1.807, 2.05) is 31.2 Å². The topological polar surface area (TPSA) is 47.3 Å². The van der Waals surface area contributed by atoms with Gasteiger partial charge in [-0.05, 0) is 13.0 Å². The van der Waals surface area contributed by atoms with E-state index < -0.39 is 0 Å². The van der Waals surface area contributed by atoms with Crippen molar-refractivity contribution in [2.45, 2.75) is 13.0 Å². The Labute approximate surface area is 84.5 Å². The molecule has 0 aromatic heterocycles. The van der Waals surface area contributed by atoms with Crippen LogP contribution in [-0.4, -0.2) is 7.11 Å². The van der Waals surface area contributed by atoms with Gasteiger partial charge in [-0.15, -0.1) is 0 Å². The molecular weight excluding hydrogens is 176 g/mol. The van der Waals surface area contributed by atoms with Crippen molar-refractivity contribution in [2.75, 3.05) is 7.11 Å². The molecule has 0 heterocycles. The van der Waals surface area contributed by atoms with Crippen molar-refractivity contribution in [1.82, 2.24) is 5.43 Å². The number of rotatable bonds is 4. The first-order valence-corrected chi connectivity index (χ1v) is 4.45. The normalized spacial score (nSPS) is 12.2. The minimum Gasteiger partial charge on any atom is -0.496 e. The summed E-state index contributed by atoms with van der Waals surface area (Å²) in [5.41, 5.74) is 4.67. The molecule has 0 aliphatic carbocycles. The maximum absolute atomic E-state index is 5.46. The van der Waals surface area contributed by atoms with Gasteiger partial charge in [0.2, 0.25) is 0 Å². The molecule has 1 rings (SSSR count). The Bertz CT molecular complexity index is 323. The monoisotopic (exact) mass is 192 g/mol. The lowest BCUT2D eigenvalue weighted by Gasteiger charge is -2.18. The summed E-state index contributed by atoms with van der Waals surface area (Å²) in [7, 11) is 1.64. The largest absolute Gasteiger partial charge is 0.496 e. The zero-order chi connectivity index (χ0) is 10.6. The SMILES string of the molecule is C=C(C)C(NN)c1ccccc1OC. The van der Waals surface area contributed by atoms with E-state index >= 15 is 0 Å². The molecule has 3 N–H and O–H groups in total. The van der Waals surface area contributed by atoms with Gasteiger partial charge >= 0.3 is 0 Å². The van der Waals surface area contributed by atoms with E-state index in [1.165, 1.54) is 0 Å². The molecule has 0 amide bonds. The molecule has 0 bridgehead atoms. The first kappa shape index (κ1) is 10.8. The van der Waals surface area contributed by atoms with Crippen LogP contribution in [0.3, 0.4) is 0 Å². The lowest BCUT2D eigenvalue weighted by molar-refractivity contribution is 0.404. The standard InChI is InChI=1S/C11H16N2O/c1-8(2)11(13-12)9-6-4-5-7-10(9)14-3/h4-7,11,13H,1,12H2,2-3H3. The van der Waals surface area contributed by atoms with Crippen LogP contribution in [0.5, 0.6) is 5.75 Å². The Morgan fingerprint density at radius 1 is 1.50 bits per heavy atom. The number of ether oxygens (including phenoxy) is 1. The molecule has 0 spiro atoms. The second-order valence-electron chi connectivity index (χ2n) is 3.19. The summed E-state index contributed by atoms with van der Waals surface area (Å²) in [5.74, 6) is 6.28. The van der Waals surface area contributed by atoms with Crippen LogP contribution in [0.2, 0.25) is 0 Å². The number of hydrazine groups is 1. The summed E-state index contributed by atoms with van der Waals surface area (Å²) in [4.78, 5) is 0. The molecule has 0 saturated heterocycles. The number of hydrogen-bond donors (Lipinski definition) is 2. The number of nitrogens with one attached hydrogen (secondary N) is 1. The molecule has 0 fully saturated rings. The Morgan fingerprint density at radius 2 is 2.14 bits per heavy atom. The van der Waals surface area contributed by atoms with Gasteiger partial charge in [0.15, 0.2) is 0 Å². The molecule has 1 unspecified atom stereocenters.